The fourth-order valence-corrected chi connectivity index (χ4v) is 2.75. The molecule has 0 amide bonds. The summed E-state index contributed by atoms with van der Waals surface area (Å²) in [6.45, 7) is 2.33. The average Bonchev–Trinajstić information content (AvgIpc) is 3.01. The fourth-order valence-electron chi connectivity index (χ4n) is 2.75. The molecule has 0 unspecified atom stereocenters. The third-order valence-corrected chi connectivity index (χ3v) is 3.90. The first-order valence-electron chi connectivity index (χ1n) is 7.31. The molecule has 1 aromatic carbocycles. The van der Waals surface area contributed by atoms with Crippen molar-refractivity contribution in [2.24, 2.45) is 7.05 Å². The van der Waals surface area contributed by atoms with Gasteiger partial charge in [0.05, 0.1) is 5.70 Å². The van der Waals surface area contributed by atoms with Gasteiger partial charge in [0.15, 0.2) is 6.20 Å². The highest BCUT2D eigenvalue weighted by molar-refractivity contribution is 5.78. The Morgan fingerprint density at radius 3 is 2.33 bits per heavy atom. The van der Waals surface area contributed by atoms with Crippen molar-refractivity contribution in [3.8, 4) is 0 Å². The number of halogens is 1. The minimum absolute atomic E-state index is 0. The SMILES string of the molecule is C[n+]1ccccc1/C=C(/c1ccccc1)N1CCCC1.[I-]. The van der Waals surface area contributed by atoms with Gasteiger partial charge >= 0.3 is 0 Å². The number of nitrogens with zero attached hydrogens (tertiary/aromatic N) is 2. The molecule has 3 rings (SSSR count). The van der Waals surface area contributed by atoms with Crippen LogP contribution in [0.5, 0.6) is 0 Å². The largest absolute Gasteiger partial charge is 1.00 e. The number of aromatic nitrogens is 1. The van der Waals surface area contributed by atoms with E-state index in [0.29, 0.717) is 0 Å². The molecule has 1 aliphatic rings. The van der Waals surface area contributed by atoms with E-state index in [1.807, 2.05) is 0 Å². The highest BCUT2D eigenvalue weighted by Gasteiger charge is 2.17. The maximum absolute atomic E-state index is 2.50. The number of hydrogen-bond acceptors (Lipinski definition) is 1. The first kappa shape index (κ1) is 16.0. The second kappa shape index (κ2) is 7.59. The maximum Gasteiger partial charge on any atom is 0.207 e. The molecule has 0 bridgehead atoms. The molecule has 1 aliphatic heterocycles. The van der Waals surface area contributed by atoms with Crippen LogP contribution in [0.1, 0.15) is 24.1 Å². The standard InChI is InChI=1S/C18H21N2.HI/c1-19-12-6-5-11-17(19)15-18(20-13-7-8-14-20)16-9-3-2-4-10-16;/h2-6,9-12,15H,7-8,13-14H2,1H3;1H/q+1;/p-1. The summed E-state index contributed by atoms with van der Waals surface area (Å²) in [4.78, 5) is 2.50. The molecule has 0 saturated carbocycles. The van der Waals surface area contributed by atoms with Gasteiger partial charge in [-0.05, 0) is 24.5 Å². The van der Waals surface area contributed by atoms with Crippen LogP contribution in [0.25, 0.3) is 11.8 Å². The molecule has 0 aliphatic carbocycles. The number of rotatable bonds is 3. The van der Waals surface area contributed by atoms with E-state index in [0.717, 1.165) is 13.1 Å². The highest BCUT2D eigenvalue weighted by atomic mass is 127. The molecule has 21 heavy (non-hydrogen) atoms. The number of benzene rings is 1. The van der Waals surface area contributed by atoms with Crippen LogP contribution in [0, 0.1) is 0 Å². The van der Waals surface area contributed by atoms with E-state index < -0.39 is 0 Å². The smallest absolute Gasteiger partial charge is 0.207 e. The number of hydrogen-bond donors (Lipinski definition) is 0. The van der Waals surface area contributed by atoms with Crippen LogP contribution >= 0.6 is 0 Å². The van der Waals surface area contributed by atoms with Crippen LogP contribution in [0.2, 0.25) is 0 Å². The molecule has 1 aromatic heterocycles. The summed E-state index contributed by atoms with van der Waals surface area (Å²) in [5, 5.41) is 0. The summed E-state index contributed by atoms with van der Waals surface area (Å²) in [6, 6.07) is 17.0. The number of aryl methyl sites for hydroxylation is 1. The highest BCUT2D eigenvalue weighted by Crippen LogP contribution is 2.25. The van der Waals surface area contributed by atoms with Gasteiger partial charge in [-0.2, -0.15) is 0 Å². The molecule has 110 valence electrons. The van der Waals surface area contributed by atoms with Crippen LogP contribution in [-0.4, -0.2) is 18.0 Å². The Balaban J connectivity index is 0.00000161. The first-order chi connectivity index (χ1) is 9.84. The van der Waals surface area contributed by atoms with E-state index >= 15 is 0 Å². The van der Waals surface area contributed by atoms with Gasteiger partial charge in [-0.1, -0.05) is 30.3 Å². The van der Waals surface area contributed by atoms with Gasteiger partial charge in [0, 0.05) is 31.3 Å². The molecular weight excluding hydrogens is 371 g/mol. The summed E-state index contributed by atoms with van der Waals surface area (Å²) in [5.41, 5.74) is 3.88. The molecule has 0 spiro atoms. The van der Waals surface area contributed by atoms with Gasteiger partial charge in [0.2, 0.25) is 5.69 Å². The molecular formula is C18H21IN2. The zero-order valence-corrected chi connectivity index (χ0v) is 14.5. The molecule has 1 fully saturated rings. The van der Waals surface area contributed by atoms with Gasteiger partial charge in [-0.3, -0.25) is 0 Å². The molecule has 0 N–H and O–H groups in total. The Morgan fingerprint density at radius 2 is 1.67 bits per heavy atom. The Morgan fingerprint density at radius 1 is 1.00 bits per heavy atom. The summed E-state index contributed by atoms with van der Waals surface area (Å²) < 4.78 is 2.17. The van der Waals surface area contributed by atoms with Gasteiger partial charge < -0.3 is 28.9 Å². The molecule has 2 nitrogen and oxygen atoms in total. The van der Waals surface area contributed by atoms with Gasteiger partial charge in [-0.25, -0.2) is 4.57 Å². The predicted molar refractivity (Wildman–Crippen MR) is 82.7 cm³/mol. The molecule has 0 atom stereocenters. The van der Waals surface area contributed by atoms with Gasteiger partial charge in [0.1, 0.15) is 7.05 Å². The molecule has 3 heteroatoms. The molecule has 2 aromatic rings. The van der Waals surface area contributed by atoms with E-state index in [9.17, 15) is 0 Å². The van der Waals surface area contributed by atoms with Crippen LogP contribution in [0.4, 0.5) is 0 Å². The lowest BCUT2D eigenvalue weighted by Crippen LogP contribution is -3.00. The minimum atomic E-state index is 0. The van der Waals surface area contributed by atoms with E-state index in [4.69, 9.17) is 0 Å². The summed E-state index contributed by atoms with van der Waals surface area (Å²) in [5.74, 6) is 0. The Hall–Kier alpha value is -1.36. The normalized spacial score (nSPS) is 14.9. The quantitative estimate of drug-likeness (QED) is 0.532. The van der Waals surface area contributed by atoms with Gasteiger partial charge in [-0.15, -0.1) is 0 Å². The summed E-state index contributed by atoms with van der Waals surface area (Å²) in [6.07, 6.45) is 7.00. The fraction of sp³-hybridized carbons (Fsp3) is 0.278. The van der Waals surface area contributed by atoms with Gasteiger partial charge in [0.25, 0.3) is 0 Å². The third-order valence-electron chi connectivity index (χ3n) is 3.90. The molecule has 0 radical (unpaired) electrons. The van der Waals surface area contributed by atoms with Crippen molar-refractivity contribution in [1.82, 2.24) is 4.90 Å². The Kier molecular flexibility index (Phi) is 5.79. The van der Waals surface area contributed by atoms with E-state index in [1.165, 1.54) is 29.8 Å². The second-order valence-corrected chi connectivity index (χ2v) is 5.33. The monoisotopic (exact) mass is 392 g/mol. The van der Waals surface area contributed by atoms with Crippen molar-refractivity contribution >= 4 is 11.8 Å². The lowest BCUT2D eigenvalue weighted by atomic mass is 10.1. The van der Waals surface area contributed by atoms with Crippen molar-refractivity contribution in [3.05, 3.63) is 66.0 Å². The maximum atomic E-state index is 2.50. The lowest BCUT2D eigenvalue weighted by Gasteiger charge is -2.21. The Bertz CT molecular complexity index is 602. The van der Waals surface area contributed by atoms with Crippen molar-refractivity contribution in [3.63, 3.8) is 0 Å². The average molecular weight is 392 g/mol. The zero-order valence-electron chi connectivity index (χ0n) is 12.4. The predicted octanol–water partition coefficient (Wildman–Crippen LogP) is 0.109. The Labute approximate surface area is 144 Å². The van der Waals surface area contributed by atoms with Crippen molar-refractivity contribution in [2.45, 2.75) is 12.8 Å². The topological polar surface area (TPSA) is 7.12 Å². The minimum Gasteiger partial charge on any atom is -1.00 e. The number of likely N-dealkylation sites (tertiary alicyclic amines) is 1. The first-order valence-corrected chi connectivity index (χ1v) is 7.31. The molecule has 1 saturated heterocycles. The van der Waals surface area contributed by atoms with Crippen LogP contribution in [0.3, 0.4) is 0 Å². The van der Waals surface area contributed by atoms with Crippen molar-refractivity contribution < 1.29 is 28.5 Å². The number of pyridine rings is 1. The van der Waals surface area contributed by atoms with Crippen LogP contribution < -0.4 is 28.5 Å². The lowest BCUT2D eigenvalue weighted by molar-refractivity contribution is -0.673. The molecule has 2 heterocycles. The second-order valence-electron chi connectivity index (χ2n) is 5.33. The van der Waals surface area contributed by atoms with E-state index in [-0.39, 0.29) is 24.0 Å². The van der Waals surface area contributed by atoms with E-state index in [2.05, 4.69) is 77.3 Å². The van der Waals surface area contributed by atoms with Crippen LogP contribution in [0.15, 0.2) is 54.7 Å². The zero-order chi connectivity index (χ0) is 13.8. The third kappa shape index (κ3) is 3.84. The van der Waals surface area contributed by atoms with Crippen molar-refractivity contribution in [2.75, 3.05) is 13.1 Å². The summed E-state index contributed by atoms with van der Waals surface area (Å²) >= 11 is 0. The van der Waals surface area contributed by atoms with Crippen LogP contribution in [-0.2, 0) is 7.05 Å². The van der Waals surface area contributed by atoms with E-state index in [1.54, 1.807) is 0 Å². The summed E-state index contributed by atoms with van der Waals surface area (Å²) in [7, 11) is 2.10. The van der Waals surface area contributed by atoms with Crippen molar-refractivity contribution in [1.29, 1.82) is 0 Å².